The van der Waals surface area contributed by atoms with Crippen molar-refractivity contribution in [1.82, 2.24) is 10.6 Å². The maximum absolute atomic E-state index is 11.3. The van der Waals surface area contributed by atoms with Gasteiger partial charge in [-0.25, -0.2) is 0 Å². The van der Waals surface area contributed by atoms with E-state index in [1.165, 1.54) is 0 Å². The van der Waals surface area contributed by atoms with E-state index in [1.807, 2.05) is 20.8 Å². The van der Waals surface area contributed by atoms with Gasteiger partial charge in [-0.1, -0.05) is 20.8 Å². The van der Waals surface area contributed by atoms with Gasteiger partial charge in [0.25, 0.3) is 0 Å². The Balaban J connectivity index is 3.20. The fraction of sp³-hybridized carbons (Fsp3) is 0.867. The summed E-state index contributed by atoms with van der Waals surface area (Å²) in [6.45, 7) is 9.16. The van der Waals surface area contributed by atoms with Gasteiger partial charge in [-0.15, -0.1) is 0 Å². The van der Waals surface area contributed by atoms with Crippen LogP contribution < -0.4 is 10.6 Å². The van der Waals surface area contributed by atoms with Crippen LogP contribution in [0.1, 0.15) is 27.2 Å². The largest absolute Gasteiger partial charge is 0.377 e. The highest BCUT2D eigenvalue weighted by Crippen LogP contribution is 1.89. The summed E-state index contributed by atoms with van der Waals surface area (Å²) in [6.07, 6.45) is 0.900. The lowest BCUT2D eigenvalue weighted by atomic mass is 10.2. The zero-order chi connectivity index (χ0) is 16.6. The molecule has 0 aliphatic carbocycles. The molecule has 130 valence electrons. The molecule has 0 aliphatic heterocycles. The van der Waals surface area contributed by atoms with Gasteiger partial charge in [0.15, 0.2) is 0 Å². The van der Waals surface area contributed by atoms with E-state index < -0.39 is 0 Å². The zero-order valence-electron chi connectivity index (χ0n) is 14.0. The first kappa shape index (κ1) is 20.8. The Hall–Kier alpha value is -1.18. The lowest BCUT2D eigenvalue weighted by Gasteiger charge is -2.09. The van der Waals surface area contributed by atoms with Gasteiger partial charge in [-0.2, -0.15) is 0 Å². The number of ether oxygens (including phenoxy) is 3. The van der Waals surface area contributed by atoms with Crippen LogP contribution in [0.5, 0.6) is 0 Å². The van der Waals surface area contributed by atoms with Crippen LogP contribution in [-0.2, 0) is 23.8 Å². The monoisotopic (exact) mass is 318 g/mol. The first-order valence-electron chi connectivity index (χ1n) is 7.85. The van der Waals surface area contributed by atoms with E-state index in [0.717, 1.165) is 6.42 Å². The summed E-state index contributed by atoms with van der Waals surface area (Å²) in [5, 5.41) is 5.46. The molecule has 0 spiro atoms. The van der Waals surface area contributed by atoms with Crippen molar-refractivity contribution in [3.63, 3.8) is 0 Å². The van der Waals surface area contributed by atoms with E-state index in [-0.39, 0.29) is 24.3 Å². The fourth-order valence-electron chi connectivity index (χ4n) is 1.40. The number of carbonyl (C=O) groups excluding carboxylic acids is 2. The van der Waals surface area contributed by atoms with Crippen LogP contribution >= 0.6 is 0 Å². The number of nitrogens with one attached hydrogen (secondary N) is 2. The highest BCUT2D eigenvalue weighted by molar-refractivity contribution is 5.77. The summed E-state index contributed by atoms with van der Waals surface area (Å²) in [6, 6.07) is 0. The minimum absolute atomic E-state index is 0.00841. The minimum atomic E-state index is -0.130. The van der Waals surface area contributed by atoms with Crippen LogP contribution in [0, 0.1) is 5.92 Å². The van der Waals surface area contributed by atoms with E-state index in [4.69, 9.17) is 14.2 Å². The predicted molar refractivity (Wildman–Crippen MR) is 83.6 cm³/mol. The third-order valence-electron chi connectivity index (χ3n) is 2.59. The standard InChI is InChI=1S/C15H30N2O5/c1-4-7-22-12-14(18)16-5-8-20-10-11-21-9-6-17-15(19)13(2)3/h13H,4-12H2,1-3H3,(H,16,18)(H,17,19). The Labute approximate surface area is 133 Å². The van der Waals surface area contributed by atoms with E-state index in [0.29, 0.717) is 46.1 Å². The molecule has 22 heavy (non-hydrogen) atoms. The molecular formula is C15H30N2O5. The summed E-state index contributed by atoms with van der Waals surface area (Å²) in [4.78, 5) is 22.5. The maximum Gasteiger partial charge on any atom is 0.246 e. The average Bonchev–Trinajstić information content (AvgIpc) is 2.49. The Morgan fingerprint density at radius 3 is 2.00 bits per heavy atom. The van der Waals surface area contributed by atoms with Gasteiger partial charge in [-0.3, -0.25) is 9.59 Å². The highest BCUT2D eigenvalue weighted by atomic mass is 16.5. The molecule has 2 N–H and O–H groups in total. The number of hydrogen-bond donors (Lipinski definition) is 2. The minimum Gasteiger partial charge on any atom is -0.377 e. The second-order valence-electron chi connectivity index (χ2n) is 5.07. The summed E-state index contributed by atoms with van der Waals surface area (Å²) >= 11 is 0. The molecule has 0 bridgehead atoms. The normalized spacial score (nSPS) is 10.7. The third kappa shape index (κ3) is 13.8. The molecule has 7 nitrogen and oxygen atoms in total. The quantitative estimate of drug-likeness (QED) is 0.451. The Morgan fingerprint density at radius 1 is 0.864 bits per heavy atom. The molecule has 0 radical (unpaired) electrons. The molecule has 0 saturated heterocycles. The van der Waals surface area contributed by atoms with E-state index >= 15 is 0 Å². The Morgan fingerprint density at radius 2 is 1.45 bits per heavy atom. The van der Waals surface area contributed by atoms with Crippen molar-refractivity contribution in [1.29, 1.82) is 0 Å². The smallest absolute Gasteiger partial charge is 0.246 e. The van der Waals surface area contributed by atoms with Crippen LogP contribution in [0.4, 0.5) is 0 Å². The summed E-state index contributed by atoms with van der Waals surface area (Å²) < 4.78 is 15.7. The van der Waals surface area contributed by atoms with Crippen molar-refractivity contribution < 1.29 is 23.8 Å². The molecule has 0 unspecified atom stereocenters. The van der Waals surface area contributed by atoms with Crippen LogP contribution in [0.3, 0.4) is 0 Å². The number of amides is 2. The van der Waals surface area contributed by atoms with Crippen molar-refractivity contribution in [3.05, 3.63) is 0 Å². The molecule has 0 heterocycles. The van der Waals surface area contributed by atoms with Crippen molar-refractivity contribution in [3.8, 4) is 0 Å². The highest BCUT2D eigenvalue weighted by Gasteiger charge is 2.04. The molecule has 0 aromatic carbocycles. The summed E-state index contributed by atoms with van der Waals surface area (Å²) in [5.41, 5.74) is 0. The second-order valence-corrected chi connectivity index (χ2v) is 5.07. The lowest BCUT2D eigenvalue weighted by Crippen LogP contribution is -2.31. The van der Waals surface area contributed by atoms with Gasteiger partial charge in [0.2, 0.25) is 11.8 Å². The average molecular weight is 318 g/mol. The molecule has 0 rings (SSSR count). The van der Waals surface area contributed by atoms with Gasteiger partial charge in [-0.05, 0) is 6.42 Å². The van der Waals surface area contributed by atoms with Crippen molar-refractivity contribution in [2.24, 2.45) is 5.92 Å². The van der Waals surface area contributed by atoms with Crippen LogP contribution in [0.25, 0.3) is 0 Å². The maximum atomic E-state index is 11.3. The number of hydrogen-bond acceptors (Lipinski definition) is 5. The zero-order valence-corrected chi connectivity index (χ0v) is 14.0. The first-order valence-corrected chi connectivity index (χ1v) is 7.85. The molecule has 0 aromatic heterocycles. The third-order valence-corrected chi connectivity index (χ3v) is 2.59. The molecule has 7 heteroatoms. The number of carbonyl (C=O) groups is 2. The molecule has 0 atom stereocenters. The van der Waals surface area contributed by atoms with Gasteiger partial charge in [0, 0.05) is 25.6 Å². The Kier molecular flexibility index (Phi) is 14.0. The summed E-state index contributed by atoms with van der Waals surface area (Å²) in [5.74, 6) is -0.112. The van der Waals surface area contributed by atoms with Gasteiger partial charge < -0.3 is 24.8 Å². The van der Waals surface area contributed by atoms with E-state index in [1.54, 1.807) is 0 Å². The SMILES string of the molecule is CCCOCC(=O)NCCOCCOCCNC(=O)C(C)C. The topological polar surface area (TPSA) is 85.9 Å². The first-order chi connectivity index (χ1) is 10.6. The molecule has 0 fully saturated rings. The lowest BCUT2D eigenvalue weighted by molar-refractivity contribution is -0.126. The van der Waals surface area contributed by atoms with Gasteiger partial charge in [0.1, 0.15) is 6.61 Å². The fourth-order valence-corrected chi connectivity index (χ4v) is 1.40. The van der Waals surface area contributed by atoms with Crippen LogP contribution in [0.2, 0.25) is 0 Å². The number of rotatable bonds is 14. The van der Waals surface area contributed by atoms with E-state index in [2.05, 4.69) is 10.6 Å². The van der Waals surface area contributed by atoms with E-state index in [9.17, 15) is 9.59 Å². The van der Waals surface area contributed by atoms with Crippen LogP contribution in [0.15, 0.2) is 0 Å². The van der Waals surface area contributed by atoms with Crippen molar-refractivity contribution in [2.75, 3.05) is 52.7 Å². The molecule has 2 amide bonds. The van der Waals surface area contributed by atoms with Crippen LogP contribution in [-0.4, -0.2) is 64.5 Å². The van der Waals surface area contributed by atoms with Crippen molar-refractivity contribution in [2.45, 2.75) is 27.2 Å². The van der Waals surface area contributed by atoms with Crippen molar-refractivity contribution >= 4 is 11.8 Å². The van der Waals surface area contributed by atoms with Gasteiger partial charge >= 0.3 is 0 Å². The van der Waals surface area contributed by atoms with Gasteiger partial charge in [0.05, 0.1) is 26.4 Å². The Bertz CT molecular complexity index is 298. The molecule has 0 aliphatic rings. The summed E-state index contributed by atoms with van der Waals surface area (Å²) in [7, 11) is 0. The molecule has 0 saturated carbocycles. The predicted octanol–water partition coefficient (Wildman–Crippen LogP) is 0.335. The molecular weight excluding hydrogens is 288 g/mol. The molecule has 0 aromatic rings. The second kappa shape index (κ2) is 14.7.